The zero-order valence-corrected chi connectivity index (χ0v) is 11.5. The van der Waals surface area contributed by atoms with Crippen molar-refractivity contribution in [2.75, 3.05) is 38.7 Å². The second-order valence-electron chi connectivity index (χ2n) is 4.64. The Kier molecular flexibility index (Phi) is 4.63. The fourth-order valence-electron chi connectivity index (χ4n) is 2.07. The number of rotatable bonds is 5. The summed E-state index contributed by atoms with van der Waals surface area (Å²) in [6, 6.07) is 5.11. The van der Waals surface area contributed by atoms with Gasteiger partial charge < -0.3 is 15.2 Å². The minimum absolute atomic E-state index is 0.0855. The van der Waals surface area contributed by atoms with E-state index in [-0.39, 0.29) is 12.5 Å². The van der Waals surface area contributed by atoms with Crippen molar-refractivity contribution in [3.05, 3.63) is 23.2 Å². The standard InChI is InChI=1S/C13H17ClN2O3/c1-19-12-3-2-10(4-11(12)14)15-13(18)7-16-5-9(6-16)8-17/h2-4,9,17H,5-8H2,1H3,(H,15,18). The van der Waals surface area contributed by atoms with E-state index in [1.165, 1.54) is 0 Å². The van der Waals surface area contributed by atoms with Crippen LogP contribution in [-0.4, -0.2) is 49.3 Å². The van der Waals surface area contributed by atoms with E-state index in [1.807, 2.05) is 4.90 Å². The fourth-order valence-corrected chi connectivity index (χ4v) is 2.33. The predicted octanol–water partition coefficient (Wildman–Crippen LogP) is 1.21. The third kappa shape index (κ3) is 3.59. The molecule has 0 aliphatic carbocycles. The van der Waals surface area contributed by atoms with E-state index in [4.69, 9.17) is 21.4 Å². The van der Waals surface area contributed by atoms with Gasteiger partial charge in [-0.2, -0.15) is 0 Å². The number of carbonyl (C=O) groups is 1. The van der Waals surface area contributed by atoms with Crippen molar-refractivity contribution in [1.29, 1.82) is 0 Å². The molecule has 0 bridgehead atoms. The van der Waals surface area contributed by atoms with Crippen LogP contribution in [0.15, 0.2) is 18.2 Å². The monoisotopic (exact) mass is 284 g/mol. The second kappa shape index (κ2) is 6.23. The largest absolute Gasteiger partial charge is 0.495 e. The molecule has 0 aromatic heterocycles. The van der Waals surface area contributed by atoms with E-state index in [9.17, 15) is 4.79 Å². The number of aliphatic hydroxyl groups is 1. The number of halogens is 1. The molecule has 0 radical (unpaired) electrons. The van der Waals surface area contributed by atoms with E-state index in [2.05, 4.69) is 5.32 Å². The normalized spacial score (nSPS) is 15.9. The first-order valence-corrected chi connectivity index (χ1v) is 6.46. The quantitative estimate of drug-likeness (QED) is 0.853. The highest BCUT2D eigenvalue weighted by Crippen LogP contribution is 2.27. The van der Waals surface area contributed by atoms with Crippen LogP contribution in [0.1, 0.15) is 0 Å². The Morgan fingerprint density at radius 3 is 2.89 bits per heavy atom. The summed E-state index contributed by atoms with van der Waals surface area (Å²) >= 11 is 5.98. The van der Waals surface area contributed by atoms with E-state index < -0.39 is 0 Å². The van der Waals surface area contributed by atoms with E-state index in [1.54, 1.807) is 25.3 Å². The van der Waals surface area contributed by atoms with Crippen LogP contribution in [0.4, 0.5) is 5.69 Å². The van der Waals surface area contributed by atoms with Gasteiger partial charge >= 0.3 is 0 Å². The summed E-state index contributed by atoms with van der Waals surface area (Å²) < 4.78 is 5.04. The smallest absolute Gasteiger partial charge is 0.238 e. The highest BCUT2D eigenvalue weighted by atomic mass is 35.5. The van der Waals surface area contributed by atoms with Crippen LogP contribution in [-0.2, 0) is 4.79 Å². The number of anilines is 1. The van der Waals surface area contributed by atoms with Crippen LogP contribution >= 0.6 is 11.6 Å². The van der Waals surface area contributed by atoms with Gasteiger partial charge in [-0.25, -0.2) is 0 Å². The van der Waals surface area contributed by atoms with Crippen LogP contribution in [0.25, 0.3) is 0 Å². The fraction of sp³-hybridized carbons (Fsp3) is 0.462. The number of amides is 1. The topological polar surface area (TPSA) is 61.8 Å². The van der Waals surface area contributed by atoms with Gasteiger partial charge in [-0.1, -0.05) is 11.6 Å². The summed E-state index contributed by atoms with van der Waals surface area (Å²) in [5.74, 6) is 0.800. The molecule has 104 valence electrons. The molecule has 0 saturated carbocycles. The second-order valence-corrected chi connectivity index (χ2v) is 5.05. The summed E-state index contributed by atoms with van der Waals surface area (Å²) in [5.41, 5.74) is 0.648. The van der Waals surface area contributed by atoms with Gasteiger partial charge in [0.2, 0.25) is 5.91 Å². The van der Waals surface area contributed by atoms with Crippen LogP contribution in [0, 0.1) is 5.92 Å². The number of hydrogen-bond acceptors (Lipinski definition) is 4. The van der Waals surface area contributed by atoms with Gasteiger partial charge in [0, 0.05) is 31.3 Å². The van der Waals surface area contributed by atoms with Gasteiger partial charge in [0.1, 0.15) is 5.75 Å². The van der Waals surface area contributed by atoms with Crippen LogP contribution in [0.3, 0.4) is 0 Å². The van der Waals surface area contributed by atoms with Gasteiger partial charge in [-0.05, 0) is 18.2 Å². The molecule has 1 heterocycles. The Bertz CT molecular complexity index is 461. The molecule has 6 heteroatoms. The lowest BCUT2D eigenvalue weighted by Gasteiger charge is -2.37. The lowest BCUT2D eigenvalue weighted by atomic mass is 10.0. The molecule has 1 amide bonds. The molecule has 5 nitrogen and oxygen atoms in total. The summed E-state index contributed by atoms with van der Waals surface area (Å²) in [6.07, 6.45) is 0. The van der Waals surface area contributed by atoms with Crippen molar-refractivity contribution >= 4 is 23.2 Å². The predicted molar refractivity (Wildman–Crippen MR) is 73.6 cm³/mol. The molecule has 1 aliphatic heterocycles. The van der Waals surface area contributed by atoms with Gasteiger partial charge in [0.05, 0.1) is 18.7 Å². The molecule has 0 atom stereocenters. The number of likely N-dealkylation sites (tertiary alicyclic amines) is 1. The van der Waals surface area contributed by atoms with Gasteiger partial charge in [0.15, 0.2) is 0 Å². The summed E-state index contributed by atoms with van der Waals surface area (Å²) in [6.45, 7) is 2.06. The molecule has 1 saturated heterocycles. The summed E-state index contributed by atoms with van der Waals surface area (Å²) in [5, 5.41) is 12.1. The summed E-state index contributed by atoms with van der Waals surface area (Å²) in [4.78, 5) is 13.8. The van der Waals surface area contributed by atoms with E-state index in [0.29, 0.717) is 28.9 Å². The maximum atomic E-state index is 11.8. The average molecular weight is 285 g/mol. The Hall–Kier alpha value is -1.30. The Balaban J connectivity index is 1.84. The lowest BCUT2D eigenvalue weighted by molar-refractivity contribution is -0.119. The minimum Gasteiger partial charge on any atom is -0.495 e. The molecular formula is C13H17ClN2O3. The van der Waals surface area contributed by atoms with Crippen molar-refractivity contribution in [3.63, 3.8) is 0 Å². The lowest BCUT2D eigenvalue weighted by Crippen LogP contribution is -2.51. The number of nitrogens with one attached hydrogen (secondary N) is 1. The number of hydrogen-bond donors (Lipinski definition) is 2. The highest BCUT2D eigenvalue weighted by molar-refractivity contribution is 6.32. The van der Waals surface area contributed by atoms with E-state index >= 15 is 0 Å². The third-order valence-corrected chi connectivity index (χ3v) is 3.39. The zero-order valence-electron chi connectivity index (χ0n) is 10.7. The molecule has 2 rings (SSSR count). The first kappa shape index (κ1) is 14.1. The molecule has 1 aliphatic rings. The first-order valence-electron chi connectivity index (χ1n) is 6.09. The molecule has 1 fully saturated rings. The zero-order chi connectivity index (χ0) is 13.8. The maximum absolute atomic E-state index is 11.8. The molecule has 0 unspecified atom stereocenters. The van der Waals surface area contributed by atoms with Crippen molar-refractivity contribution < 1.29 is 14.6 Å². The van der Waals surface area contributed by atoms with Crippen molar-refractivity contribution in [1.82, 2.24) is 4.90 Å². The van der Waals surface area contributed by atoms with Crippen LogP contribution < -0.4 is 10.1 Å². The van der Waals surface area contributed by atoms with Crippen LogP contribution in [0.2, 0.25) is 5.02 Å². The Morgan fingerprint density at radius 1 is 1.58 bits per heavy atom. The number of aliphatic hydroxyl groups excluding tert-OH is 1. The van der Waals surface area contributed by atoms with Crippen molar-refractivity contribution in [2.45, 2.75) is 0 Å². The number of carbonyl (C=O) groups excluding carboxylic acids is 1. The van der Waals surface area contributed by atoms with Crippen molar-refractivity contribution in [3.8, 4) is 5.75 Å². The van der Waals surface area contributed by atoms with E-state index in [0.717, 1.165) is 13.1 Å². The van der Waals surface area contributed by atoms with Gasteiger partial charge in [-0.15, -0.1) is 0 Å². The molecular weight excluding hydrogens is 268 g/mol. The Morgan fingerprint density at radius 2 is 2.32 bits per heavy atom. The van der Waals surface area contributed by atoms with Gasteiger partial charge in [-0.3, -0.25) is 9.69 Å². The molecule has 2 N–H and O–H groups in total. The number of nitrogens with zero attached hydrogens (tertiary/aromatic N) is 1. The summed E-state index contributed by atoms with van der Waals surface area (Å²) in [7, 11) is 1.54. The molecule has 19 heavy (non-hydrogen) atoms. The molecule has 1 aromatic carbocycles. The van der Waals surface area contributed by atoms with Crippen LogP contribution in [0.5, 0.6) is 5.75 Å². The number of ether oxygens (including phenoxy) is 1. The maximum Gasteiger partial charge on any atom is 0.238 e. The van der Waals surface area contributed by atoms with Crippen molar-refractivity contribution in [2.24, 2.45) is 5.92 Å². The number of methoxy groups -OCH3 is 1. The SMILES string of the molecule is COc1ccc(NC(=O)CN2CC(CO)C2)cc1Cl. The average Bonchev–Trinajstić information content (AvgIpc) is 2.33. The van der Waals surface area contributed by atoms with Gasteiger partial charge in [0.25, 0.3) is 0 Å². The number of benzene rings is 1. The molecule has 1 aromatic rings. The minimum atomic E-state index is -0.0855. The molecule has 0 spiro atoms. The Labute approximate surface area is 117 Å². The first-order chi connectivity index (χ1) is 9.12. The third-order valence-electron chi connectivity index (χ3n) is 3.09. The highest BCUT2D eigenvalue weighted by Gasteiger charge is 2.27.